The first-order valence-electron chi connectivity index (χ1n) is 13.9. The van der Waals surface area contributed by atoms with Gasteiger partial charge < -0.3 is 20.4 Å². The maximum absolute atomic E-state index is 14.0. The van der Waals surface area contributed by atoms with Crippen molar-refractivity contribution in [2.75, 3.05) is 27.2 Å². The Labute approximate surface area is 230 Å². The molecule has 0 saturated carbocycles. The van der Waals surface area contributed by atoms with Crippen LogP contribution in [0, 0.1) is 11.3 Å². The number of benzene rings is 1. The van der Waals surface area contributed by atoms with Crippen molar-refractivity contribution >= 4 is 17.7 Å². The molecule has 0 aliphatic carbocycles. The number of likely N-dealkylation sites (tertiary alicyclic amines) is 1. The van der Waals surface area contributed by atoms with E-state index in [1.807, 2.05) is 96.7 Å². The van der Waals surface area contributed by atoms with Crippen LogP contribution in [-0.4, -0.2) is 72.8 Å². The van der Waals surface area contributed by atoms with E-state index in [9.17, 15) is 14.4 Å². The highest BCUT2D eigenvalue weighted by Gasteiger charge is 2.41. The zero-order valence-electron chi connectivity index (χ0n) is 25.2. The highest BCUT2D eigenvalue weighted by molar-refractivity contribution is 5.94. The second kappa shape index (κ2) is 12.9. The summed E-state index contributed by atoms with van der Waals surface area (Å²) in [6.45, 7) is 17.4. The van der Waals surface area contributed by atoms with Crippen LogP contribution in [0.3, 0.4) is 0 Å². The fourth-order valence-electron chi connectivity index (χ4n) is 5.33. The summed E-state index contributed by atoms with van der Waals surface area (Å²) in [4.78, 5) is 44.2. The monoisotopic (exact) mass is 526 g/mol. The van der Waals surface area contributed by atoms with Crippen LogP contribution in [0.25, 0.3) is 0 Å². The van der Waals surface area contributed by atoms with E-state index in [-0.39, 0.29) is 29.7 Å². The maximum atomic E-state index is 14.0. The summed E-state index contributed by atoms with van der Waals surface area (Å²) in [5.41, 5.74) is 0.658. The van der Waals surface area contributed by atoms with Gasteiger partial charge in [-0.15, -0.1) is 0 Å². The number of carbonyl (C=O) groups is 3. The zero-order valence-corrected chi connectivity index (χ0v) is 25.2. The van der Waals surface area contributed by atoms with Crippen molar-refractivity contribution in [3.63, 3.8) is 0 Å². The predicted molar refractivity (Wildman–Crippen MR) is 155 cm³/mol. The van der Waals surface area contributed by atoms with Crippen LogP contribution in [0.4, 0.5) is 0 Å². The molecule has 0 spiro atoms. The van der Waals surface area contributed by atoms with Gasteiger partial charge in [-0.1, -0.05) is 84.9 Å². The van der Waals surface area contributed by atoms with E-state index in [2.05, 4.69) is 10.6 Å². The fourth-order valence-corrected chi connectivity index (χ4v) is 5.33. The first-order valence-corrected chi connectivity index (χ1v) is 13.9. The topological polar surface area (TPSA) is 81.8 Å². The third-order valence-corrected chi connectivity index (χ3v) is 7.82. The molecule has 7 heteroatoms. The van der Waals surface area contributed by atoms with Crippen LogP contribution in [-0.2, 0) is 19.8 Å². The Morgan fingerprint density at radius 1 is 0.974 bits per heavy atom. The van der Waals surface area contributed by atoms with Crippen LogP contribution in [0.2, 0.25) is 0 Å². The summed E-state index contributed by atoms with van der Waals surface area (Å²) >= 11 is 0. The summed E-state index contributed by atoms with van der Waals surface area (Å²) in [7, 11) is 3.54. The number of carbonyl (C=O) groups excluding carboxylic acids is 3. The first kappa shape index (κ1) is 31.5. The molecule has 3 unspecified atom stereocenters. The second-order valence-electron chi connectivity index (χ2n) is 12.6. The standard InChI is InChI=1S/C31H50N4O3/c1-21(2)24(20-22(3)28(37)35-18-14-15-19-35)34(10)29(38)26(30(4,5)6)33-27(36)25(32-9)31(7,8)23-16-12-11-13-17-23/h11-13,16-17,20-21,24-26,32H,14-15,18-19H2,1-10H3,(H,33,36)/b22-20+. The summed E-state index contributed by atoms with van der Waals surface area (Å²) < 4.78 is 0. The minimum Gasteiger partial charge on any atom is -0.342 e. The van der Waals surface area contributed by atoms with Gasteiger partial charge >= 0.3 is 0 Å². The lowest BCUT2D eigenvalue weighted by Gasteiger charge is -2.40. The van der Waals surface area contributed by atoms with Gasteiger partial charge in [-0.2, -0.15) is 0 Å². The average Bonchev–Trinajstić information content (AvgIpc) is 3.39. The molecular weight excluding hydrogens is 476 g/mol. The molecule has 1 fully saturated rings. The van der Waals surface area contributed by atoms with Crippen molar-refractivity contribution in [2.45, 2.75) is 91.8 Å². The maximum Gasteiger partial charge on any atom is 0.249 e. The molecule has 0 radical (unpaired) electrons. The molecule has 212 valence electrons. The highest BCUT2D eigenvalue weighted by atomic mass is 16.2. The number of likely N-dealkylation sites (N-methyl/N-ethyl adjacent to an activating group) is 2. The first-order chi connectivity index (χ1) is 17.6. The molecule has 1 aromatic rings. The molecule has 2 rings (SSSR count). The van der Waals surface area contributed by atoms with Crippen molar-refractivity contribution < 1.29 is 14.4 Å². The number of nitrogens with one attached hydrogen (secondary N) is 2. The van der Waals surface area contributed by atoms with Gasteiger partial charge in [0.1, 0.15) is 6.04 Å². The molecule has 0 aromatic heterocycles. The quantitative estimate of drug-likeness (QED) is 0.449. The van der Waals surface area contributed by atoms with Crippen LogP contribution < -0.4 is 10.6 Å². The van der Waals surface area contributed by atoms with Crippen molar-refractivity contribution in [1.82, 2.24) is 20.4 Å². The van der Waals surface area contributed by atoms with Crippen LogP contribution in [0.1, 0.15) is 73.8 Å². The summed E-state index contributed by atoms with van der Waals surface area (Å²) in [6, 6.07) is 8.35. The van der Waals surface area contributed by atoms with Gasteiger partial charge in [-0.25, -0.2) is 0 Å². The average molecular weight is 527 g/mol. The number of rotatable bonds is 10. The molecule has 1 heterocycles. The zero-order chi connectivity index (χ0) is 28.8. The SMILES string of the molecule is CNC(C(=O)NC(C(=O)N(C)C(/C=C(\C)C(=O)N1CCCC1)C(C)C)C(C)(C)C)C(C)(C)c1ccccc1. The molecular formula is C31H50N4O3. The predicted octanol–water partition coefficient (Wildman–Crippen LogP) is 4.13. The Balaban J connectivity index is 2.31. The van der Waals surface area contributed by atoms with Crippen LogP contribution >= 0.6 is 0 Å². The molecule has 1 aromatic carbocycles. The Hall–Kier alpha value is -2.67. The Morgan fingerprint density at radius 2 is 1.53 bits per heavy atom. The Bertz CT molecular complexity index is 988. The normalized spacial score (nSPS) is 17.2. The molecule has 38 heavy (non-hydrogen) atoms. The highest BCUT2D eigenvalue weighted by Crippen LogP contribution is 2.29. The molecule has 1 aliphatic rings. The van der Waals surface area contributed by atoms with Gasteiger partial charge in [0.05, 0.1) is 12.1 Å². The van der Waals surface area contributed by atoms with E-state index in [4.69, 9.17) is 0 Å². The van der Waals surface area contributed by atoms with E-state index >= 15 is 0 Å². The third kappa shape index (κ3) is 7.46. The minimum atomic E-state index is -0.744. The summed E-state index contributed by atoms with van der Waals surface area (Å²) in [6.07, 6.45) is 3.99. The molecule has 3 atom stereocenters. The van der Waals surface area contributed by atoms with Gasteiger partial charge in [0.2, 0.25) is 17.7 Å². The van der Waals surface area contributed by atoms with Gasteiger partial charge in [0.15, 0.2) is 0 Å². The van der Waals surface area contributed by atoms with Crippen LogP contribution in [0.5, 0.6) is 0 Å². The molecule has 1 aliphatic heterocycles. The lowest BCUT2D eigenvalue weighted by Crippen LogP contribution is -2.61. The molecule has 3 amide bonds. The van der Waals surface area contributed by atoms with E-state index in [1.165, 1.54) is 0 Å². The lowest BCUT2D eigenvalue weighted by atomic mass is 9.76. The van der Waals surface area contributed by atoms with Crippen molar-refractivity contribution in [1.29, 1.82) is 0 Å². The lowest BCUT2D eigenvalue weighted by molar-refractivity contribution is -0.141. The number of hydrogen-bond donors (Lipinski definition) is 2. The van der Waals surface area contributed by atoms with E-state index in [1.54, 1.807) is 19.0 Å². The smallest absolute Gasteiger partial charge is 0.249 e. The Morgan fingerprint density at radius 3 is 2.00 bits per heavy atom. The van der Waals surface area contributed by atoms with Crippen molar-refractivity contribution in [3.05, 3.63) is 47.5 Å². The minimum absolute atomic E-state index is 0.0367. The second-order valence-corrected chi connectivity index (χ2v) is 12.6. The van der Waals surface area contributed by atoms with Gasteiger partial charge in [0, 0.05) is 31.1 Å². The van der Waals surface area contributed by atoms with Crippen molar-refractivity contribution in [2.24, 2.45) is 11.3 Å². The third-order valence-electron chi connectivity index (χ3n) is 7.82. The van der Waals surface area contributed by atoms with Crippen LogP contribution in [0.15, 0.2) is 42.0 Å². The summed E-state index contributed by atoms with van der Waals surface area (Å²) in [5.74, 6) is -0.270. The summed E-state index contributed by atoms with van der Waals surface area (Å²) in [5, 5.41) is 6.27. The van der Waals surface area contributed by atoms with E-state index in [0.717, 1.165) is 31.5 Å². The molecule has 7 nitrogen and oxygen atoms in total. The number of amides is 3. The van der Waals surface area contributed by atoms with Gasteiger partial charge in [-0.05, 0) is 43.7 Å². The largest absolute Gasteiger partial charge is 0.342 e. The van der Waals surface area contributed by atoms with Gasteiger partial charge in [-0.3, -0.25) is 14.4 Å². The molecule has 2 N–H and O–H groups in total. The van der Waals surface area contributed by atoms with E-state index in [0.29, 0.717) is 5.57 Å². The van der Waals surface area contributed by atoms with E-state index < -0.39 is 22.9 Å². The van der Waals surface area contributed by atoms with Gasteiger partial charge in [0.25, 0.3) is 0 Å². The molecule has 0 bridgehead atoms. The number of nitrogens with zero attached hydrogens (tertiary/aromatic N) is 2. The fraction of sp³-hybridized carbons (Fsp3) is 0.645. The Kier molecular flexibility index (Phi) is 10.7. The number of hydrogen-bond acceptors (Lipinski definition) is 4. The van der Waals surface area contributed by atoms with Crippen molar-refractivity contribution in [3.8, 4) is 0 Å². The molecule has 1 saturated heterocycles.